The first-order chi connectivity index (χ1) is 8.42. The fourth-order valence-electron chi connectivity index (χ4n) is 1.67. The summed E-state index contributed by atoms with van der Waals surface area (Å²) in [6, 6.07) is 2.26. The Labute approximate surface area is 112 Å². The average Bonchev–Trinajstić information content (AvgIpc) is 2.31. The van der Waals surface area contributed by atoms with Crippen LogP contribution in [0, 0.1) is 20.2 Å². The first-order valence-corrected chi connectivity index (χ1v) is 6.08. The zero-order valence-electron chi connectivity index (χ0n) is 9.92. The van der Waals surface area contributed by atoms with E-state index in [1.165, 1.54) is 6.07 Å². The van der Waals surface area contributed by atoms with Crippen LogP contribution in [0.1, 0.15) is 13.8 Å². The lowest BCUT2D eigenvalue weighted by Gasteiger charge is -2.21. The summed E-state index contributed by atoms with van der Waals surface area (Å²) in [5.74, 6) is 0. The number of nitro benzene ring substituents is 2. The molecule has 0 bridgehead atoms. The summed E-state index contributed by atoms with van der Waals surface area (Å²) in [4.78, 5) is 22.2. The summed E-state index contributed by atoms with van der Waals surface area (Å²) in [7, 11) is 0. The second-order valence-electron chi connectivity index (χ2n) is 3.48. The SMILES string of the molecule is CCN(CC)c1c(Br)cc([N+](=O)[O-])cc1[N+](=O)[O-]. The fourth-order valence-corrected chi connectivity index (χ4v) is 2.36. The second kappa shape index (κ2) is 5.76. The van der Waals surface area contributed by atoms with Crippen molar-refractivity contribution in [3.05, 3.63) is 36.8 Å². The van der Waals surface area contributed by atoms with E-state index >= 15 is 0 Å². The van der Waals surface area contributed by atoms with Gasteiger partial charge >= 0.3 is 5.69 Å². The van der Waals surface area contributed by atoms with Gasteiger partial charge in [0.05, 0.1) is 20.4 Å². The van der Waals surface area contributed by atoms with Crippen LogP contribution < -0.4 is 4.90 Å². The van der Waals surface area contributed by atoms with Gasteiger partial charge in [0.15, 0.2) is 0 Å². The highest BCUT2D eigenvalue weighted by atomic mass is 79.9. The van der Waals surface area contributed by atoms with Gasteiger partial charge in [-0.1, -0.05) is 0 Å². The molecule has 98 valence electrons. The van der Waals surface area contributed by atoms with Crippen LogP contribution in [0.4, 0.5) is 17.1 Å². The minimum atomic E-state index is -0.649. The zero-order valence-corrected chi connectivity index (χ0v) is 11.5. The number of rotatable bonds is 5. The van der Waals surface area contributed by atoms with Crippen molar-refractivity contribution in [3.8, 4) is 0 Å². The number of halogens is 1. The molecule has 0 heterocycles. The number of hydrogen-bond acceptors (Lipinski definition) is 5. The minimum Gasteiger partial charge on any atom is -0.366 e. The molecule has 0 radical (unpaired) electrons. The lowest BCUT2D eigenvalue weighted by Crippen LogP contribution is -2.23. The monoisotopic (exact) mass is 317 g/mol. The van der Waals surface area contributed by atoms with E-state index in [0.717, 1.165) is 6.07 Å². The van der Waals surface area contributed by atoms with E-state index in [1.807, 2.05) is 13.8 Å². The molecule has 8 heteroatoms. The molecule has 0 aliphatic carbocycles. The highest BCUT2D eigenvalue weighted by Crippen LogP contribution is 2.39. The lowest BCUT2D eigenvalue weighted by atomic mass is 10.2. The van der Waals surface area contributed by atoms with E-state index in [4.69, 9.17) is 0 Å². The molecule has 18 heavy (non-hydrogen) atoms. The van der Waals surface area contributed by atoms with E-state index in [0.29, 0.717) is 23.2 Å². The van der Waals surface area contributed by atoms with Crippen LogP contribution in [-0.4, -0.2) is 22.9 Å². The van der Waals surface area contributed by atoms with Crippen molar-refractivity contribution in [2.75, 3.05) is 18.0 Å². The average molecular weight is 318 g/mol. The number of nitrogens with zero attached hydrogens (tertiary/aromatic N) is 3. The molecule has 0 aromatic heterocycles. The minimum absolute atomic E-state index is 0.264. The van der Waals surface area contributed by atoms with Gasteiger partial charge < -0.3 is 4.90 Å². The maximum Gasteiger partial charge on any atom is 0.300 e. The summed E-state index contributed by atoms with van der Waals surface area (Å²) in [6.45, 7) is 4.88. The molecule has 0 fully saturated rings. The molecule has 0 saturated carbocycles. The van der Waals surface area contributed by atoms with Crippen LogP contribution in [0.25, 0.3) is 0 Å². The summed E-state index contributed by atoms with van der Waals surface area (Å²) in [6.07, 6.45) is 0. The van der Waals surface area contributed by atoms with Gasteiger partial charge in [0.25, 0.3) is 5.69 Å². The standard InChI is InChI=1S/C10H12BrN3O4/c1-3-12(4-2)10-8(11)5-7(13(15)16)6-9(10)14(17)18/h5-6H,3-4H2,1-2H3. The van der Waals surface area contributed by atoms with Crippen LogP contribution in [0.15, 0.2) is 16.6 Å². The molecule has 7 nitrogen and oxygen atoms in total. The first-order valence-electron chi connectivity index (χ1n) is 5.29. The van der Waals surface area contributed by atoms with E-state index < -0.39 is 9.85 Å². The Morgan fingerprint density at radius 2 is 1.72 bits per heavy atom. The van der Waals surface area contributed by atoms with Crippen LogP contribution >= 0.6 is 15.9 Å². The Kier molecular flexibility index (Phi) is 4.60. The van der Waals surface area contributed by atoms with E-state index in [-0.39, 0.29) is 11.4 Å². The highest BCUT2D eigenvalue weighted by molar-refractivity contribution is 9.10. The molecule has 0 atom stereocenters. The first kappa shape index (κ1) is 14.4. The van der Waals surface area contributed by atoms with Crippen LogP contribution in [-0.2, 0) is 0 Å². The largest absolute Gasteiger partial charge is 0.366 e. The van der Waals surface area contributed by atoms with Crippen LogP contribution in [0.3, 0.4) is 0 Å². The van der Waals surface area contributed by atoms with Gasteiger partial charge in [0.2, 0.25) is 0 Å². The van der Waals surface area contributed by atoms with E-state index in [9.17, 15) is 20.2 Å². The quantitative estimate of drug-likeness (QED) is 0.614. The topological polar surface area (TPSA) is 89.5 Å². The number of benzene rings is 1. The number of hydrogen-bond donors (Lipinski definition) is 0. The third-order valence-corrected chi connectivity index (χ3v) is 3.12. The third kappa shape index (κ3) is 2.76. The molecular formula is C10H12BrN3O4. The predicted octanol–water partition coefficient (Wildman–Crippen LogP) is 3.11. The summed E-state index contributed by atoms with van der Waals surface area (Å²) in [5.41, 5.74) is -0.195. The lowest BCUT2D eigenvalue weighted by molar-refractivity contribution is -0.393. The molecule has 0 unspecified atom stereocenters. The van der Waals surface area contributed by atoms with Gasteiger partial charge in [0.1, 0.15) is 5.69 Å². The molecule has 0 N–H and O–H groups in total. The summed E-state index contributed by atoms with van der Waals surface area (Å²) < 4.78 is 0.354. The summed E-state index contributed by atoms with van der Waals surface area (Å²) in [5, 5.41) is 21.7. The number of nitro groups is 2. The molecule has 0 spiro atoms. The van der Waals surface area contributed by atoms with Crippen LogP contribution in [0.5, 0.6) is 0 Å². The fraction of sp³-hybridized carbons (Fsp3) is 0.400. The van der Waals surface area contributed by atoms with Gasteiger partial charge in [-0.05, 0) is 29.8 Å². The Bertz CT molecular complexity index is 488. The van der Waals surface area contributed by atoms with Crippen molar-refractivity contribution in [3.63, 3.8) is 0 Å². The van der Waals surface area contributed by atoms with Crippen molar-refractivity contribution in [1.82, 2.24) is 0 Å². The summed E-state index contributed by atoms with van der Waals surface area (Å²) >= 11 is 3.17. The second-order valence-corrected chi connectivity index (χ2v) is 4.34. The Hall–Kier alpha value is -1.70. The maximum absolute atomic E-state index is 11.0. The number of anilines is 1. The number of non-ortho nitro benzene ring substituents is 1. The Morgan fingerprint density at radius 3 is 2.11 bits per heavy atom. The predicted molar refractivity (Wildman–Crippen MR) is 71.0 cm³/mol. The third-order valence-electron chi connectivity index (χ3n) is 2.52. The van der Waals surface area contributed by atoms with Crippen molar-refractivity contribution in [1.29, 1.82) is 0 Å². The van der Waals surface area contributed by atoms with Crippen molar-refractivity contribution in [2.45, 2.75) is 13.8 Å². The molecule has 1 rings (SSSR count). The molecule has 1 aromatic rings. The molecule has 0 amide bonds. The van der Waals surface area contributed by atoms with Crippen molar-refractivity contribution < 1.29 is 9.85 Å². The molecule has 0 aliphatic heterocycles. The highest BCUT2D eigenvalue weighted by Gasteiger charge is 2.25. The maximum atomic E-state index is 11.0. The van der Waals surface area contributed by atoms with Gasteiger partial charge in [-0.2, -0.15) is 0 Å². The smallest absolute Gasteiger partial charge is 0.300 e. The normalized spacial score (nSPS) is 10.2. The molecule has 1 aromatic carbocycles. The molecular weight excluding hydrogens is 306 g/mol. The van der Waals surface area contributed by atoms with E-state index in [2.05, 4.69) is 15.9 Å². The molecule has 0 aliphatic rings. The van der Waals surface area contributed by atoms with Gasteiger partial charge in [0, 0.05) is 19.2 Å². The Balaban J connectivity index is 3.50. The van der Waals surface area contributed by atoms with Gasteiger partial charge in [-0.25, -0.2) is 0 Å². The van der Waals surface area contributed by atoms with Crippen molar-refractivity contribution in [2.24, 2.45) is 0 Å². The van der Waals surface area contributed by atoms with Gasteiger partial charge in [-0.15, -0.1) is 0 Å². The Morgan fingerprint density at radius 1 is 1.17 bits per heavy atom. The zero-order chi connectivity index (χ0) is 13.9. The van der Waals surface area contributed by atoms with Crippen molar-refractivity contribution >= 4 is 33.0 Å². The van der Waals surface area contributed by atoms with Crippen LogP contribution in [0.2, 0.25) is 0 Å². The van der Waals surface area contributed by atoms with Gasteiger partial charge in [-0.3, -0.25) is 20.2 Å². The molecule has 0 saturated heterocycles. The van der Waals surface area contributed by atoms with E-state index in [1.54, 1.807) is 4.90 Å².